The largest absolute Gasteiger partial charge is 0.772 e. The van der Waals surface area contributed by atoms with Crippen LogP contribution in [-0.2, 0) is 23.9 Å². The van der Waals surface area contributed by atoms with Crippen molar-refractivity contribution in [3.8, 4) is 0 Å². The minimum atomic E-state index is -1.87. The number of aryl methyl sites for hydroxylation is 1. The maximum atomic E-state index is 12.6. The van der Waals surface area contributed by atoms with Gasteiger partial charge in [-0.15, -0.1) is 0 Å². The Morgan fingerprint density at radius 3 is 1.77 bits per heavy atom. The molecular weight excluding hydrogens is 394 g/mol. The van der Waals surface area contributed by atoms with Crippen LogP contribution >= 0.6 is 0 Å². The van der Waals surface area contributed by atoms with E-state index < -0.39 is 11.1 Å². The second kappa shape index (κ2) is 12.0. The fourth-order valence-corrected chi connectivity index (χ4v) is 3.35. The first-order chi connectivity index (χ1) is 14.0. The summed E-state index contributed by atoms with van der Waals surface area (Å²) in [7, 11) is 0. The maximum Gasteiger partial charge on any atom is 0.252 e. The van der Waals surface area contributed by atoms with E-state index in [1.54, 1.807) is 13.8 Å². The molecule has 0 aliphatic rings. The van der Waals surface area contributed by atoms with E-state index in [1.165, 1.54) is 22.3 Å². The number of carbonyl (C=O) groups is 1. The Bertz CT molecular complexity index is 845. The third kappa shape index (κ3) is 7.37. The van der Waals surface area contributed by atoms with Gasteiger partial charge in [-0.1, -0.05) is 55.3 Å². The molecule has 0 radical (unpaired) electrons. The summed E-state index contributed by atoms with van der Waals surface area (Å²) in [6.07, 6.45) is 2.04. The molecule has 0 fully saturated rings. The molecule has 1 amide bonds. The third-order valence-corrected chi connectivity index (χ3v) is 6.09. The van der Waals surface area contributed by atoms with Gasteiger partial charge < -0.3 is 9.87 Å². The number of hydrogen-bond acceptors (Lipinski definition) is 3. The summed E-state index contributed by atoms with van der Waals surface area (Å²) in [6, 6.07) is 10.7. The van der Waals surface area contributed by atoms with Gasteiger partial charge in [0, 0.05) is 16.9 Å². The van der Waals surface area contributed by atoms with E-state index in [0.717, 1.165) is 29.5 Å². The van der Waals surface area contributed by atoms with Gasteiger partial charge in [-0.2, -0.15) is 0 Å². The average Bonchev–Trinajstić information content (AvgIpc) is 2.67. The van der Waals surface area contributed by atoms with Gasteiger partial charge in [0.25, 0.3) is 5.91 Å². The van der Waals surface area contributed by atoms with Crippen molar-refractivity contribution in [2.75, 3.05) is 0 Å². The van der Waals surface area contributed by atoms with Crippen LogP contribution in [0.2, 0.25) is 0 Å². The molecule has 1 atom stereocenters. The molecule has 0 saturated carbocycles. The van der Waals surface area contributed by atoms with E-state index in [-0.39, 0.29) is 17.2 Å². The summed E-state index contributed by atoms with van der Waals surface area (Å²) in [5.41, 5.74) is 8.31. The molecule has 2 rings (SSSR count). The van der Waals surface area contributed by atoms with E-state index in [9.17, 15) is 13.6 Å². The Hall–Kier alpha value is -1.98. The molecular formula is C25H36NO3S-. The Morgan fingerprint density at radius 2 is 1.37 bits per heavy atom. The van der Waals surface area contributed by atoms with E-state index in [1.807, 2.05) is 13.8 Å². The summed E-state index contributed by atoms with van der Waals surface area (Å²) in [5.74, 6) is 0.0424. The zero-order chi connectivity index (χ0) is 23.0. The normalized spacial score (nSPS) is 11.8. The van der Waals surface area contributed by atoms with Crippen LogP contribution in [-0.4, -0.2) is 26.0 Å². The molecule has 4 nitrogen and oxygen atoms in total. The minimum absolute atomic E-state index is 0.0424. The van der Waals surface area contributed by atoms with Crippen molar-refractivity contribution in [1.29, 1.82) is 0 Å². The quantitative estimate of drug-likeness (QED) is 0.647. The van der Waals surface area contributed by atoms with E-state index >= 15 is 0 Å². The van der Waals surface area contributed by atoms with Crippen LogP contribution in [0, 0.1) is 27.7 Å². The maximum absolute atomic E-state index is 12.6. The highest BCUT2D eigenvalue weighted by atomic mass is 32.2. The zero-order valence-corrected chi connectivity index (χ0v) is 20.4. The molecule has 0 saturated heterocycles. The highest BCUT2D eigenvalue weighted by molar-refractivity contribution is 7.79. The van der Waals surface area contributed by atoms with Gasteiger partial charge in [0.15, 0.2) is 0 Å². The molecule has 2 aromatic carbocycles. The molecule has 0 bridgehead atoms. The van der Waals surface area contributed by atoms with E-state index in [4.69, 9.17) is 0 Å². The molecule has 166 valence electrons. The lowest BCUT2D eigenvalue weighted by Gasteiger charge is -2.21. The Morgan fingerprint density at radius 1 is 0.900 bits per heavy atom. The van der Waals surface area contributed by atoms with Crippen molar-refractivity contribution < 1.29 is 13.6 Å². The van der Waals surface area contributed by atoms with Crippen molar-refractivity contribution in [3.05, 3.63) is 69.3 Å². The molecule has 1 unspecified atom stereocenters. The van der Waals surface area contributed by atoms with Crippen LogP contribution in [0.25, 0.3) is 0 Å². The summed E-state index contributed by atoms with van der Waals surface area (Å²) in [6.45, 7) is 15.7. The number of amides is 1. The molecule has 2 aromatic rings. The Labute approximate surface area is 184 Å². The Kier molecular flexibility index (Phi) is 10.4. The average molecular weight is 431 g/mol. The van der Waals surface area contributed by atoms with E-state index in [0.29, 0.717) is 0 Å². The summed E-state index contributed by atoms with van der Waals surface area (Å²) in [4.78, 5) is 12.6. The molecule has 5 heteroatoms. The summed E-state index contributed by atoms with van der Waals surface area (Å²) in [5, 5.41) is 2.80. The molecule has 1 N–H and O–H groups in total. The standard InChI is InChI=1S/C22H29NO.C3H8O2S/c1-14(2)23-22(24)21-17(5)15(3)20(16(4)18(21)6)13-12-19-10-8-7-9-11-19;1-3(2)6(4)5/h7-11,14H,12-13H2,1-6H3,(H,23,24);3H,1-2H3,(H,4,5)/p-1. The van der Waals surface area contributed by atoms with Crippen LogP contribution in [0.4, 0.5) is 0 Å². The first-order valence-corrected chi connectivity index (χ1v) is 11.6. The number of benzene rings is 2. The zero-order valence-electron chi connectivity index (χ0n) is 19.6. The van der Waals surface area contributed by atoms with Crippen LogP contribution in [0.15, 0.2) is 30.3 Å². The van der Waals surface area contributed by atoms with Gasteiger partial charge in [0.1, 0.15) is 0 Å². The van der Waals surface area contributed by atoms with Gasteiger partial charge in [-0.05, 0) is 87.8 Å². The topological polar surface area (TPSA) is 69.2 Å². The predicted molar refractivity (Wildman–Crippen MR) is 126 cm³/mol. The van der Waals surface area contributed by atoms with Crippen molar-refractivity contribution in [1.82, 2.24) is 5.32 Å². The number of carbonyl (C=O) groups excluding carboxylic acids is 1. The fourth-order valence-electron chi connectivity index (χ4n) is 3.35. The second-order valence-corrected chi connectivity index (χ2v) is 9.74. The lowest BCUT2D eigenvalue weighted by atomic mass is 9.86. The fraction of sp³-hybridized carbons (Fsp3) is 0.480. The van der Waals surface area contributed by atoms with Crippen LogP contribution < -0.4 is 5.32 Å². The predicted octanol–water partition coefficient (Wildman–Crippen LogP) is 5.12. The molecule has 0 aliphatic heterocycles. The summed E-state index contributed by atoms with van der Waals surface area (Å²) < 4.78 is 19.4. The Balaban J connectivity index is 0.000000656. The number of hydrogen-bond donors (Lipinski definition) is 1. The lowest BCUT2D eigenvalue weighted by molar-refractivity contribution is 0.0941. The van der Waals surface area contributed by atoms with Crippen LogP contribution in [0.3, 0.4) is 0 Å². The minimum Gasteiger partial charge on any atom is -0.772 e. The SMILES string of the molecule is CC(C)S(=O)[O-].Cc1c(C)c(C(=O)NC(C)C)c(C)c(C)c1CCc1ccccc1. The third-order valence-electron chi connectivity index (χ3n) is 5.32. The first kappa shape index (κ1) is 26.1. The van der Waals surface area contributed by atoms with Crippen LogP contribution in [0.5, 0.6) is 0 Å². The van der Waals surface area contributed by atoms with Crippen molar-refractivity contribution in [3.63, 3.8) is 0 Å². The molecule has 0 heterocycles. The highest BCUT2D eigenvalue weighted by Crippen LogP contribution is 2.28. The number of nitrogens with one attached hydrogen (secondary N) is 1. The second-order valence-electron chi connectivity index (χ2n) is 8.28. The van der Waals surface area contributed by atoms with E-state index in [2.05, 4.69) is 63.3 Å². The van der Waals surface area contributed by atoms with Gasteiger partial charge in [0.2, 0.25) is 0 Å². The molecule has 0 aliphatic carbocycles. The monoisotopic (exact) mass is 430 g/mol. The number of rotatable bonds is 6. The van der Waals surface area contributed by atoms with Gasteiger partial charge in [-0.25, -0.2) is 0 Å². The van der Waals surface area contributed by atoms with Gasteiger partial charge in [-0.3, -0.25) is 9.00 Å². The van der Waals surface area contributed by atoms with Gasteiger partial charge >= 0.3 is 0 Å². The first-order valence-electron chi connectivity index (χ1n) is 10.5. The van der Waals surface area contributed by atoms with Gasteiger partial charge in [0.05, 0.1) is 0 Å². The highest BCUT2D eigenvalue weighted by Gasteiger charge is 2.20. The van der Waals surface area contributed by atoms with Crippen molar-refractivity contribution in [2.24, 2.45) is 0 Å². The smallest absolute Gasteiger partial charge is 0.252 e. The molecule has 30 heavy (non-hydrogen) atoms. The molecule has 0 spiro atoms. The van der Waals surface area contributed by atoms with Crippen LogP contribution in [0.1, 0.15) is 71.4 Å². The molecule has 0 aromatic heterocycles. The van der Waals surface area contributed by atoms with Crippen molar-refractivity contribution >= 4 is 17.0 Å². The van der Waals surface area contributed by atoms with Crippen molar-refractivity contribution in [2.45, 2.75) is 79.5 Å². The lowest BCUT2D eigenvalue weighted by Crippen LogP contribution is -2.31. The summed E-state index contributed by atoms with van der Waals surface area (Å²) >= 11 is -1.87.